The smallest absolute Gasteiger partial charge is 0.330 e. The molecule has 0 bridgehead atoms. The van der Waals surface area contributed by atoms with Crippen molar-refractivity contribution in [2.45, 2.75) is 40.2 Å². The minimum absolute atomic E-state index is 0.00816. The molecule has 0 saturated heterocycles. The SMILES string of the molecule is CCCn1c(N)c(N(CCOC)C(=O)CC(C)C)c(=O)[nH]c1=O. The highest BCUT2D eigenvalue weighted by atomic mass is 16.5. The molecule has 1 amide bonds. The summed E-state index contributed by atoms with van der Waals surface area (Å²) in [6.07, 6.45) is 0.948. The van der Waals surface area contributed by atoms with E-state index in [-0.39, 0.29) is 42.9 Å². The van der Waals surface area contributed by atoms with Crippen LogP contribution in [0.4, 0.5) is 11.5 Å². The van der Waals surface area contributed by atoms with Crippen LogP contribution in [0.5, 0.6) is 0 Å². The number of ether oxygens (including phenoxy) is 1. The first-order chi connectivity index (χ1) is 10.8. The summed E-state index contributed by atoms with van der Waals surface area (Å²) in [6.45, 7) is 6.54. The Balaban J connectivity index is 3.40. The Labute approximate surface area is 135 Å². The third-order valence-electron chi connectivity index (χ3n) is 3.33. The van der Waals surface area contributed by atoms with Crippen LogP contribution in [-0.2, 0) is 16.1 Å². The minimum atomic E-state index is -0.659. The van der Waals surface area contributed by atoms with Crippen molar-refractivity contribution in [2.24, 2.45) is 5.92 Å². The summed E-state index contributed by atoms with van der Waals surface area (Å²) in [4.78, 5) is 40.2. The molecule has 0 aromatic carbocycles. The molecule has 0 fully saturated rings. The van der Waals surface area contributed by atoms with Gasteiger partial charge in [-0.15, -0.1) is 0 Å². The molecule has 1 rings (SSSR count). The number of nitrogens with one attached hydrogen (secondary N) is 1. The molecule has 0 unspecified atom stereocenters. The molecule has 23 heavy (non-hydrogen) atoms. The van der Waals surface area contributed by atoms with Gasteiger partial charge in [0.15, 0.2) is 5.69 Å². The van der Waals surface area contributed by atoms with E-state index in [1.165, 1.54) is 16.6 Å². The van der Waals surface area contributed by atoms with Crippen LogP contribution < -0.4 is 21.9 Å². The van der Waals surface area contributed by atoms with Gasteiger partial charge in [-0.3, -0.25) is 19.1 Å². The molecule has 0 saturated carbocycles. The average molecular weight is 326 g/mol. The first kappa shape index (κ1) is 19.0. The molecular formula is C15H26N4O4. The number of anilines is 2. The number of hydrogen-bond acceptors (Lipinski definition) is 5. The Morgan fingerprint density at radius 3 is 2.57 bits per heavy atom. The third kappa shape index (κ3) is 4.69. The molecule has 8 heteroatoms. The van der Waals surface area contributed by atoms with Gasteiger partial charge in [0.1, 0.15) is 5.82 Å². The summed E-state index contributed by atoms with van der Waals surface area (Å²) in [7, 11) is 1.51. The summed E-state index contributed by atoms with van der Waals surface area (Å²) in [5.41, 5.74) is 4.81. The van der Waals surface area contributed by atoms with Crippen molar-refractivity contribution in [3.8, 4) is 0 Å². The van der Waals surface area contributed by atoms with Crippen molar-refractivity contribution >= 4 is 17.4 Å². The number of amides is 1. The number of carbonyl (C=O) groups is 1. The van der Waals surface area contributed by atoms with Gasteiger partial charge in [0.25, 0.3) is 5.56 Å². The van der Waals surface area contributed by atoms with Crippen molar-refractivity contribution in [2.75, 3.05) is 30.9 Å². The number of nitrogens with zero attached hydrogens (tertiary/aromatic N) is 2. The van der Waals surface area contributed by atoms with E-state index in [0.717, 1.165) is 0 Å². The van der Waals surface area contributed by atoms with Crippen LogP contribution in [0.2, 0.25) is 0 Å². The molecule has 130 valence electrons. The van der Waals surface area contributed by atoms with Crippen LogP contribution in [0.1, 0.15) is 33.6 Å². The topological polar surface area (TPSA) is 110 Å². The number of nitrogen functional groups attached to an aromatic ring is 1. The van der Waals surface area contributed by atoms with E-state index in [9.17, 15) is 14.4 Å². The Morgan fingerprint density at radius 2 is 2.04 bits per heavy atom. The number of aromatic nitrogens is 2. The zero-order valence-electron chi connectivity index (χ0n) is 14.2. The molecule has 1 aromatic rings. The van der Waals surface area contributed by atoms with Gasteiger partial charge < -0.3 is 15.4 Å². The molecule has 0 radical (unpaired) electrons. The van der Waals surface area contributed by atoms with Crippen LogP contribution in [0.25, 0.3) is 0 Å². The molecule has 0 aliphatic carbocycles. The quantitative estimate of drug-likeness (QED) is 0.725. The minimum Gasteiger partial charge on any atom is -0.383 e. The Hall–Kier alpha value is -2.09. The number of carbonyl (C=O) groups excluding carboxylic acids is 1. The molecule has 1 heterocycles. The molecule has 0 aliphatic heterocycles. The van der Waals surface area contributed by atoms with E-state index in [0.29, 0.717) is 13.0 Å². The summed E-state index contributed by atoms with van der Waals surface area (Å²) < 4.78 is 6.29. The third-order valence-corrected chi connectivity index (χ3v) is 3.33. The molecule has 8 nitrogen and oxygen atoms in total. The lowest BCUT2D eigenvalue weighted by Gasteiger charge is -2.25. The monoisotopic (exact) mass is 326 g/mol. The van der Waals surface area contributed by atoms with Crippen molar-refractivity contribution < 1.29 is 9.53 Å². The van der Waals surface area contributed by atoms with Gasteiger partial charge in [-0.1, -0.05) is 20.8 Å². The van der Waals surface area contributed by atoms with Crippen molar-refractivity contribution in [1.29, 1.82) is 0 Å². The van der Waals surface area contributed by atoms with Gasteiger partial charge in [0.05, 0.1) is 6.61 Å². The lowest BCUT2D eigenvalue weighted by atomic mass is 10.1. The highest BCUT2D eigenvalue weighted by Gasteiger charge is 2.24. The van der Waals surface area contributed by atoms with E-state index < -0.39 is 11.2 Å². The lowest BCUT2D eigenvalue weighted by molar-refractivity contribution is -0.119. The van der Waals surface area contributed by atoms with Crippen molar-refractivity contribution in [3.05, 3.63) is 20.8 Å². The van der Waals surface area contributed by atoms with Crippen LogP contribution in [0, 0.1) is 5.92 Å². The van der Waals surface area contributed by atoms with Gasteiger partial charge in [0, 0.05) is 26.6 Å². The molecule has 3 N–H and O–H groups in total. The van der Waals surface area contributed by atoms with Crippen molar-refractivity contribution in [3.63, 3.8) is 0 Å². The summed E-state index contributed by atoms with van der Waals surface area (Å²) >= 11 is 0. The fourth-order valence-electron chi connectivity index (χ4n) is 2.29. The Bertz CT molecular complexity index is 648. The number of rotatable bonds is 8. The zero-order chi connectivity index (χ0) is 17.6. The van der Waals surface area contributed by atoms with Gasteiger partial charge in [-0.25, -0.2) is 4.79 Å². The van der Waals surface area contributed by atoms with Gasteiger partial charge in [-0.05, 0) is 12.3 Å². The van der Waals surface area contributed by atoms with Crippen LogP contribution in [0.3, 0.4) is 0 Å². The predicted octanol–water partition coefficient (Wildman–Crippen LogP) is 0.554. The number of nitrogens with two attached hydrogens (primary N) is 1. The second-order valence-corrected chi connectivity index (χ2v) is 5.78. The van der Waals surface area contributed by atoms with Crippen LogP contribution in [-0.4, -0.2) is 35.7 Å². The van der Waals surface area contributed by atoms with Crippen LogP contribution >= 0.6 is 0 Å². The fourth-order valence-corrected chi connectivity index (χ4v) is 2.29. The van der Waals surface area contributed by atoms with E-state index >= 15 is 0 Å². The molecule has 1 aromatic heterocycles. The highest BCUT2D eigenvalue weighted by molar-refractivity contribution is 5.95. The number of hydrogen-bond donors (Lipinski definition) is 2. The standard InChI is InChI=1S/C15H26N4O4/c1-5-6-19-13(16)12(14(21)17-15(19)22)18(7-8-23-4)11(20)9-10(2)3/h10H,5-9,16H2,1-4H3,(H,17,21,22). The fraction of sp³-hybridized carbons (Fsp3) is 0.667. The number of H-pyrrole nitrogens is 1. The zero-order valence-corrected chi connectivity index (χ0v) is 14.2. The second-order valence-electron chi connectivity index (χ2n) is 5.78. The first-order valence-electron chi connectivity index (χ1n) is 7.75. The van der Waals surface area contributed by atoms with E-state index in [2.05, 4.69) is 4.98 Å². The first-order valence-corrected chi connectivity index (χ1v) is 7.75. The lowest BCUT2D eigenvalue weighted by Crippen LogP contribution is -2.42. The highest BCUT2D eigenvalue weighted by Crippen LogP contribution is 2.19. The number of aromatic amines is 1. The summed E-state index contributed by atoms with van der Waals surface area (Å²) in [6, 6.07) is 0. The Morgan fingerprint density at radius 1 is 1.39 bits per heavy atom. The number of methoxy groups -OCH3 is 1. The molecule has 0 spiro atoms. The van der Waals surface area contributed by atoms with Gasteiger partial charge in [0.2, 0.25) is 5.91 Å². The predicted molar refractivity (Wildman–Crippen MR) is 89.7 cm³/mol. The average Bonchev–Trinajstić information content (AvgIpc) is 2.45. The van der Waals surface area contributed by atoms with E-state index in [1.54, 1.807) is 0 Å². The maximum absolute atomic E-state index is 12.5. The maximum atomic E-state index is 12.5. The Kier molecular flexibility index (Phi) is 7.02. The van der Waals surface area contributed by atoms with E-state index in [4.69, 9.17) is 10.5 Å². The van der Waals surface area contributed by atoms with Gasteiger partial charge in [-0.2, -0.15) is 0 Å². The van der Waals surface area contributed by atoms with Crippen LogP contribution in [0.15, 0.2) is 9.59 Å². The second kappa shape index (κ2) is 8.52. The van der Waals surface area contributed by atoms with E-state index in [1.807, 2.05) is 20.8 Å². The normalized spacial score (nSPS) is 11.0. The van der Waals surface area contributed by atoms with Gasteiger partial charge >= 0.3 is 5.69 Å². The molecule has 0 aliphatic rings. The van der Waals surface area contributed by atoms with Crippen molar-refractivity contribution in [1.82, 2.24) is 9.55 Å². The summed E-state index contributed by atoms with van der Waals surface area (Å²) in [5.74, 6) is -0.0841. The molecule has 0 atom stereocenters. The molecular weight excluding hydrogens is 300 g/mol. The largest absolute Gasteiger partial charge is 0.383 e. The maximum Gasteiger partial charge on any atom is 0.330 e. The summed E-state index contributed by atoms with van der Waals surface area (Å²) in [5, 5.41) is 0.